The molecule has 0 aromatic heterocycles. The van der Waals surface area contributed by atoms with Gasteiger partial charge in [-0.05, 0) is 25.5 Å². The van der Waals surface area contributed by atoms with Crippen molar-refractivity contribution in [1.29, 1.82) is 0 Å². The van der Waals surface area contributed by atoms with E-state index in [9.17, 15) is 14.7 Å². The van der Waals surface area contributed by atoms with Crippen LogP contribution in [0.3, 0.4) is 0 Å². The summed E-state index contributed by atoms with van der Waals surface area (Å²) in [5.41, 5.74) is 0.394. The quantitative estimate of drug-likeness (QED) is 0.790. The lowest BCUT2D eigenvalue weighted by Crippen LogP contribution is -2.48. The highest BCUT2D eigenvalue weighted by molar-refractivity contribution is 6.31. The molecule has 1 saturated heterocycles. The summed E-state index contributed by atoms with van der Waals surface area (Å²) >= 11 is 6.00. The lowest BCUT2D eigenvalue weighted by molar-refractivity contribution is -0.142. The van der Waals surface area contributed by atoms with Gasteiger partial charge < -0.3 is 15.7 Å². The SMILES string of the molecule is O=C(N[C@@H](C(=O)O)c1ccccc1Cl)C1CCCCN1. The lowest BCUT2D eigenvalue weighted by atomic mass is 10.0. The highest BCUT2D eigenvalue weighted by Crippen LogP contribution is 2.23. The van der Waals surface area contributed by atoms with Gasteiger partial charge in [-0.25, -0.2) is 4.79 Å². The Hall–Kier alpha value is -1.59. The van der Waals surface area contributed by atoms with Crippen LogP contribution in [0.15, 0.2) is 24.3 Å². The molecule has 1 fully saturated rings. The summed E-state index contributed by atoms with van der Waals surface area (Å²) in [4.78, 5) is 23.5. The number of nitrogens with one attached hydrogen (secondary N) is 2. The van der Waals surface area contributed by atoms with Crippen LogP contribution in [0, 0.1) is 0 Å². The maximum absolute atomic E-state index is 12.1. The van der Waals surface area contributed by atoms with Gasteiger partial charge in [-0.2, -0.15) is 0 Å². The third-order valence-corrected chi connectivity index (χ3v) is 3.72. The molecule has 0 saturated carbocycles. The van der Waals surface area contributed by atoms with Gasteiger partial charge in [0.05, 0.1) is 6.04 Å². The number of carbonyl (C=O) groups excluding carboxylic acids is 1. The molecule has 1 heterocycles. The van der Waals surface area contributed by atoms with E-state index in [4.69, 9.17) is 11.6 Å². The van der Waals surface area contributed by atoms with E-state index in [1.807, 2.05) is 0 Å². The minimum Gasteiger partial charge on any atom is -0.479 e. The molecule has 1 amide bonds. The first kappa shape index (κ1) is 14.8. The second-order valence-corrected chi connectivity index (χ2v) is 5.21. The van der Waals surface area contributed by atoms with Gasteiger partial charge in [0.2, 0.25) is 5.91 Å². The predicted octanol–water partition coefficient (Wildman–Crippen LogP) is 1.72. The molecule has 1 aliphatic heterocycles. The van der Waals surface area contributed by atoms with Crippen molar-refractivity contribution in [3.05, 3.63) is 34.9 Å². The standard InChI is InChI=1S/C14H17ClN2O3/c15-10-6-2-1-5-9(10)12(14(19)20)17-13(18)11-7-3-4-8-16-11/h1-2,5-6,11-12,16H,3-4,7-8H2,(H,17,18)(H,19,20)/t11?,12-/m1/s1. The third kappa shape index (κ3) is 3.49. The molecule has 1 aromatic rings. The highest BCUT2D eigenvalue weighted by Gasteiger charge is 2.28. The lowest BCUT2D eigenvalue weighted by Gasteiger charge is -2.25. The minimum absolute atomic E-state index is 0.294. The fourth-order valence-electron chi connectivity index (χ4n) is 2.30. The maximum atomic E-state index is 12.1. The summed E-state index contributed by atoms with van der Waals surface area (Å²) in [5.74, 6) is -1.42. The molecule has 1 aliphatic rings. The Bertz CT molecular complexity index is 501. The molecule has 2 rings (SSSR count). The summed E-state index contributed by atoms with van der Waals surface area (Å²) in [6, 6.07) is 5.18. The number of benzene rings is 1. The molecular weight excluding hydrogens is 280 g/mol. The minimum atomic E-state index is -1.13. The fraction of sp³-hybridized carbons (Fsp3) is 0.429. The first-order chi connectivity index (χ1) is 9.59. The predicted molar refractivity (Wildman–Crippen MR) is 75.6 cm³/mol. The molecule has 0 spiro atoms. The third-order valence-electron chi connectivity index (χ3n) is 3.38. The molecular formula is C14H17ClN2O3. The van der Waals surface area contributed by atoms with Crippen molar-refractivity contribution in [2.24, 2.45) is 0 Å². The zero-order chi connectivity index (χ0) is 14.5. The van der Waals surface area contributed by atoms with E-state index in [1.165, 1.54) is 0 Å². The summed E-state index contributed by atoms with van der Waals surface area (Å²) in [6.07, 6.45) is 2.73. The van der Waals surface area contributed by atoms with E-state index < -0.39 is 12.0 Å². The Kier molecular flexibility index (Phi) is 4.98. The number of carboxylic acid groups (broad SMARTS) is 1. The van der Waals surface area contributed by atoms with Gasteiger partial charge in [0, 0.05) is 10.6 Å². The number of halogens is 1. The van der Waals surface area contributed by atoms with Crippen LogP contribution < -0.4 is 10.6 Å². The molecule has 3 N–H and O–H groups in total. The van der Waals surface area contributed by atoms with Gasteiger partial charge in [-0.3, -0.25) is 4.79 Å². The number of rotatable bonds is 4. The normalized spacial score (nSPS) is 20.1. The second kappa shape index (κ2) is 6.72. The fourth-order valence-corrected chi connectivity index (χ4v) is 2.55. The van der Waals surface area contributed by atoms with Crippen LogP contribution in [0.5, 0.6) is 0 Å². The van der Waals surface area contributed by atoms with Crippen LogP contribution in [-0.2, 0) is 9.59 Å². The number of aliphatic carboxylic acids is 1. The number of hydrogen-bond donors (Lipinski definition) is 3. The molecule has 5 nitrogen and oxygen atoms in total. The van der Waals surface area contributed by atoms with E-state index >= 15 is 0 Å². The topological polar surface area (TPSA) is 78.4 Å². The molecule has 20 heavy (non-hydrogen) atoms. The van der Waals surface area contributed by atoms with Crippen molar-refractivity contribution >= 4 is 23.5 Å². The molecule has 1 aromatic carbocycles. The van der Waals surface area contributed by atoms with E-state index in [0.717, 1.165) is 25.8 Å². The van der Waals surface area contributed by atoms with Gasteiger partial charge in [0.1, 0.15) is 0 Å². The molecule has 1 unspecified atom stereocenters. The smallest absolute Gasteiger partial charge is 0.330 e. The van der Waals surface area contributed by atoms with Crippen molar-refractivity contribution in [3.8, 4) is 0 Å². The average molecular weight is 297 g/mol. The maximum Gasteiger partial charge on any atom is 0.330 e. The molecule has 0 aliphatic carbocycles. The Morgan fingerprint density at radius 2 is 2.10 bits per heavy atom. The average Bonchev–Trinajstić information content (AvgIpc) is 2.46. The van der Waals surface area contributed by atoms with Crippen LogP contribution in [0.25, 0.3) is 0 Å². The van der Waals surface area contributed by atoms with Crippen molar-refractivity contribution in [1.82, 2.24) is 10.6 Å². The summed E-state index contributed by atoms with van der Waals surface area (Å²) in [7, 11) is 0. The van der Waals surface area contributed by atoms with E-state index in [2.05, 4.69) is 10.6 Å². The molecule has 6 heteroatoms. The Balaban J connectivity index is 2.12. The second-order valence-electron chi connectivity index (χ2n) is 4.80. The van der Waals surface area contributed by atoms with Gasteiger partial charge in [0.25, 0.3) is 0 Å². The summed E-state index contributed by atoms with van der Waals surface area (Å²) in [6.45, 7) is 0.780. The summed E-state index contributed by atoms with van der Waals surface area (Å²) in [5, 5.41) is 15.3. The van der Waals surface area contributed by atoms with E-state index in [-0.39, 0.29) is 11.9 Å². The van der Waals surface area contributed by atoms with Crippen molar-refractivity contribution in [2.75, 3.05) is 6.54 Å². The number of carbonyl (C=O) groups is 2. The number of amides is 1. The van der Waals surface area contributed by atoms with Gasteiger partial charge >= 0.3 is 5.97 Å². The first-order valence-electron chi connectivity index (χ1n) is 6.60. The van der Waals surface area contributed by atoms with Crippen LogP contribution >= 0.6 is 11.6 Å². The first-order valence-corrected chi connectivity index (χ1v) is 6.98. The number of carboxylic acids is 1. The Morgan fingerprint density at radius 1 is 1.35 bits per heavy atom. The van der Waals surface area contributed by atoms with Crippen LogP contribution in [0.1, 0.15) is 30.9 Å². The van der Waals surface area contributed by atoms with Crippen LogP contribution in [0.4, 0.5) is 0 Å². The van der Waals surface area contributed by atoms with E-state index in [0.29, 0.717) is 10.6 Å². The van der Waals surface area contributed by atoms with Crippen LogP contribution in [0.2, 0.25) is 5.02 Å². The van der Waals surface area contributed by atoms with Crippen molar-refractivity contribution in [3.63, 3.8) is 0 Å². The van der Waals surface area contributed by atoms with Gasteiger partial charge in [-0.15, -0.1) is 0 Å². The molecule has 108 valence electrons. The van der Waals surface area contributed by atoms with Gasteiger partial charge in [-0.1, -0.05) is 36.2 Å². The van der Waals surface area contributed by atoms with Crippen molar-refractivity contribution < 1.29 is 14.7 Å². The monoisotopic (exact) mass is 296 g/mol. The zero-order valence-corrected chi connectivity index (χ0v) is 11.7. The Morgan fingerprint density at radius 3 is 2.70 bits per heavy atom. The number of piperidine rings is 1. The number of hydrogen-bond acceptors (Lipinski definition) is 3. The molecule has 2 atom stereocenters. The highest BCUT2D eigenvalue weighted by atomic mass is 35.5. The van der Waals surface area contributed by atoms with E-state index in [1.54, 1.807) is 24.3 Å². The van der Waals surface area contributed by atoms with Crippen LogP contribution in [-0.4, -0.2) is 29.6 Å². The summed E-state index contributed by atoms with van der Waals surface area (Å²) < 4.78 is 0. The molecule has 0 radical (unpaired) electrons. The van der Waals surface area contributed by atoms with Gasteiger partial charge in [0.15, 0.2) is 6.04 Å². The Labute approximate surface area is 122 Å². The largest absolute Gasteiger partial charge is 0.479 e. The zero-order valence-electron chi connectivity index (χ0n) is 10.9. The molecule has 0 bridgehead atoms. The van der Waals surface area contributed by atoms with Crippen molar-refractivity contribution in [2.45, 2.75) is 31.3 Å².